The minimum Gasteiger partial charge on any atom is -0.497 e. The van der Waals surface area contributed by atoms with Gasteiger partial charge < -0.3 is 14.6 Å². The van der Waals surface area contributed by atoms with Crippen molar-refractivity contribution < 1.29 is 14.6 Å². The van der Waals surface area contributed by atoms with Crippen LogP contribution in [-0.2, 0) is 17.7 Å². The molecule has 0 saturated heterocycles. The third-order valence-corrected chi connectivity index (χ3v) is 3.75. The first-order chi connectivity index (χ1) is 11.4. The molecule has 0 spiro atoms. The average Bonchev–Trinajstić information content (AvgIpc) is 2.90. The van der Waals surface area contributed by atoms with Crippen LogP contribution in [0.3, 0.4) is 0 Å². The summed E-state index contributed by atoms with van der Waals surface area (Å²) in [4.78, 5) is 4.66. The number of hydrogen-bond acceptors (Lipinski definition) is 5. The molecular formula is C18H27N3O3. The topological polar surface area (TPSA) is 69.4 Å². The van der Waals surface area contributed by atoms with Gasteiger partial charge in [0.15, 0.2) is 11.6 Å². The van der Waals surface area contributed by atoms with Crippen LogP contribution < -0.4 is 4.74 Å². The van der Waals surface area contributed by atoms with Gasteiger partial charge in [0.25, 0.3) is 0 Å². The lowest BCUT2D eigenvalue weighted by atomic mass is 10.1. The zero-order valence-corrected chi connectivity index (χ0v) is 15.1. The molecule has 6 heteroatoms. The molecule has 6 nitrogen and oxygen atoms in total. The third kappa shape index (κ3) is 4.79. The number of nitrogens with zero attached hydrogens (tertiary/aromatic N) is 3. The monoisotopic (exact) mass is 333 g/mol. The SMILES string of the molecule is CCC(OC)c1nc(Cc2ccc(OC)cc2)nn1CC(C)(C)O. The Bertz CT molecular complexity index is 641. The summed E-state index contributed by atoms with van der Waals surface area (Å²) in [5.41, 5.74) is 0.236. The van der Waals surface area contributed by atoms with Crippen LogP contribution >= 0.6 is 0 Å². The Balaban J connectivity index is 2.27. The van der Waals surface area contributed by atoms with Gasteiger partial charge in [-0.15, -0.1) is 0 Å². The second-order valence-corrected chi connectivity index (χ2v) is 6.51. The van der Waals surface area contributed by atoms with E-state index in [1.807, 2.05) is 31.2 Å². The van der Waals surface area contributed by atoms with E-state index in [0.717, 1.165) is 29.4 Å². The van der Waals surface area contributed by atoms with Crippen molar-refractivity contribution in [2.24, 2.45) is 0 Å². The second kappa shape index (κ2) is 7.77. The third-order valence-electron chi connectivity index (χ3n) is 3.75. The largest absolute Gasteiger partial charge is 0.497 e. The molecule has 1 aromatic heterocycles. The Hall–Kier alpha value is -1.92. The van der Waals surface area contributed by atoms with Crippen LogP contribution in [0.2, 0.25) is 0 Å². The zero-order valence-electron chi connectivity index (χ0n) is 15.1. The molecule has 2 aromatic rings. The Morgan fingerprint density at radius 3 is 2.38 bits per heavy atom. The van der Waals surface area contributed by atoms with E-state index < -0.39 is 5.60 Å². The van der Waals surface area contributed by atoms with Gasteiger partial charge in [0, 0.05) is 13.5 Å². The van der Waals surface area contributed by atoms with E-state index >= 15 is 0 Å². The van der Waals surface area contributed by atoms with E-state index in [2.05, 4.69) is 10.1 Å². The Kier molecular flexibility index (Phi) is 5.96. The lowest BCUT2D eigenvalue weighted by Gasteiger charge is -2.20. The molecule has 0 aliphatic heterocycles. The number of aromatic nitrogens is 3. The fraction of sp³-hybridized carbons (Fsp3) is 0.556. The van der Waals surface area contributed by atoms with E-state index in [0.29, 0.717) is 13.0 Å². The highest BCUT2D eigenvalue weighted by atomic mass is 16.5. The lowest BCUT2D eigenvalue weighted by Crippen LogP contribution is -2.28. The summed E-state index contributed by atoms with van der Waals surface area (Å²) in [6.07, 6.45) is 1.28. The van der Waals surface area contributed by atoms with Gasteiger partial charge in [-0.2, -0.15) is 5.10 Å². The fourth-order valence-electron chi connectivity index (χ4n) is 2.58. The van der Waals surface area contributed by atoms with E-state index in [1.165, 1.54) is 0 Å². The number of aliphatic hydroxyl groups is 1. The molecule has 1 unspecified atom stereocenters. The fourth-order valence-corrected chi connectivity index (χ4v) is 2.58. The highest BCUT2D eigenvalue weighted by Gasteiger charge is 2.23. The smallest absolute Gasteiger partial charge is 0.156 e. The maximum atomic E-state index is 10.1. The molecule has 1 atom stereocenters. The van der Waals surface area contributed by atoms with E-state index in [9.17, 15) is 5.11 Å². The van der Waals surface area contributed by atoms with Crippen molar-refractivity contribution in [3.8, 4) is 5.75 Å². The predicted molar refractivity (Wildman–Crippen MR) is 92.2 cm³/mol. The molecule has 1 N–H and O–H groups in total. The number of methoxy groups -OCH3 is 2. The molecule has 0 fully saturated rings. The van der Waals surface area contributed by atoms with Crippen molar-refractivity contribution in [2.45, 2.75) is 51.9 Å². The van der Waals surface area contributed by atoms with E-state index in [1.54, 1.807) is 32.7 Å². The summed E-state index contributed by atoms with van der Waals surface area (Å²) in [7, 11) is 3.32. The summed E-state index contributed by atoms with van der Waals surface area (Å²) >= 11 is 0. The van der Waals surface area contributed by atoms with Gasteiger partial charge in [0.1, 0.15) is 11.9 Å². The maximum absolute atomic E-state index is 10.1. The first kappa shape index (κ1) is 18.4. The van der Waals surface area contributed by atoms with Crippen molar-refractivity contribution in [3.63, 3.8) is 0 Å². The van der Waals surface area contributed by atoms with Crippen molar-refractivity contribution >= 4 is 0 Å². The summed E-state index contributed by atoms with van der Waals surface area (Å²) in [6.45, 7) is 5.93. The first-order valence-electron chi connectivity index (χ1n) is 8.18. The highest BCUT2D eigenvalue weighted by Crippen LogP contribution is 2.21. The van der Waals surface area contributed by atoms with Crippen molar-refractivity contribution in [1.29, 1.82) is 0 Å². The van der Waals surface area contributed by atoms with Gasteiger partial charge in [-0.1, -0.05) is 19.1 Å². The van der Waals surface area contributed by atoms with Gasteiger partial charge in [-0.3, -0.25) is 0 Å². The summed E-state index contributed by atoms with van der Waals surface area (Å²) in [5, 5.41) is 14.7. The van der Waals surface area contributed by atoms with E-state index in [-0.39, 0.29) is 6.10 Å². The highest BCUT2D eigenvalue weighted by molar-refractivity contribution is 5.28. The van der Waals surface area contributed by atoms with Gasteiger partial charge in [-0.05, 0) is 38.0 Å². The van der Waals surface area contributed by atoms with Crippen LogP contribution in [-0.4, -0.2) is 39.7 Å². The van der Waals surface area contributed by atoms with Crippen LogP contribution in [0.4, 0.5) is 0 Å². The number of hydrogen-bond donors (Lipinski definition) is 1. The van der Waals surface area contributed by atoms with Gasteiger partial charge in [0.05, 0.1) is 19.3 Å². The van der Waals surface area contributed by atoms with Crippen LogP contribution in [0.15, 0.2) is 24.3 Å². The van der Waals surface area contributed by atoms with Gasteiger partial charge >= 0.3 is 0 Å². The normalized spacial score (nSPS) is 13.1. The zero-order chi connectivity index (χ0) is 17.7. The molecule has 0 radical (unpaired) electrons. The molecule has 0 aliphatic rings. The minimum absolute atomic E-state index is 0.135. The molecule has 2 rings (SSSR count). The van der Waals surface area contributed by atoms with Crippen LogP contribution in [0.5, 0.6) is 5.75 Å². The Labute approximate surface area is 143 Å². The molecule has 1 heterocycles. The van der Waals surface area contributed by atoms with Crippen molar-refractivity contribution in [2.75, 3.05) is 14.2 Å². The average molecular weight is 333 g/mol. The van der Waals surface area contributed by atoms with Crippen LogP contribution in [0.25, 0.3) is 0 Å². The molecule has 132 valence electrons. The molecule has 0 aliphatic carbocycles. The molecule has 24 heavy (non-hydrogen) atoms. The lowest BCUT2D eigenvalue weighted by molar-refractivity contribution is 0.0467. The molecular weight excluding hydrogens is 306 g/mol. The van der Waals surface area contributed by atoms with Crippen LogP contribution in [0, 0.1) is 0 Å². The molecule has 0 amide bonds. The van der Waals surface area contributed by atoms with Crippen LogP contribution in [0.1, 0.15) is 50.5 Å². The summed E-state index contributed by atoms with van der Waals surface area (Å²) in [5.74, 6) is 2.30. The molecule has 1 aromatic carbocycles. The van der Waals surface area contributed by atoms with Crippen molar-refractivity contribution in [1.82, 2.24) is 14.8 Å². The number of ether oxygens (including phenoxy) is 2. The van der Waals surface area contributed by atoms with E-state index in [4.69, 9.17) is 9.47 Å². The second-order valence-electron chi connectivity index (χ2n) is 6.51. The first-order valence-corrected chi connectivity index (χ1v) is 8.18. The summed E-state index contributed by atoms with van der Waals surface area (Å²) < 4.78 is 12.5. The number of benzene rings is 1. The number of rotatable bonds is 8. The maximum Gasteiger partial charge on any atom is 0.156 e. The van der Waals surface area contributed by atoms with Gasteiger partial charge in [0.2, 0.25) is 0 Å². The standard InChI is InChI=1S/C18H27N3O3/c1-6-15(24-5)17-19-16(20-21(17)12-18(2,3)22)11-13-7-9-14(23-4)10-8-13/h7-10,15,22H,6,11-12H2,1-5H3. The minimum atomic E-state index is -0.869. The Morgan fingerprint density at radius 2 is 1.88 bits per heavy atom. The van der Waals surface area contributed by atoms with Gasteiger partial charge in [-0.25, -0.2) is 9.67 Å². The molecule has 0 saturated carbocycles. The Morgan fingerprint density at radius 1 is 1.21 bits per heavy atom. The summed E-state index contributed by atoms with van der Waals surface area (Å²) in [6, 6.07) is 7.85. The van der Waals surface area contributed by atoms with Crippen molar-refractivity contribution in [3.05, 3.63) is 41.5 Å². The predicted octanol–water partition coefficient (Wildman–Crippen LogP) is 2.75. The quantitative estimate of drug-likeness (QED) is 0.804. The molecule has 0 bridgehead atoms.